The number of unbranched alkanes of at least 4 members (excludes halogenated alkanes) is 2. The molecule has 0 unspecified atom stereocenters. The Morgan fingerprint density at radius 2 is 1.30 bits per heavy atom. The summed E-state index contributed by atoms with van der Waals surface area (Å²) in [5.41, 5.74) is -3.77. The molecule has 1 heterocycles. The minimum atomic E-state index is -4.67. The Balaban J connectivity index is 1.32. The molecule has 12 heteroatoms. The normalized spacial score (nSPS) is 16.6. The molecule has 0 spiro atoms. The third kappa shape index (κ3) is 7.42. The molecule has 1 aliphatic heterocycles. The molecule has 0 N–H and O–H groups in total. The van der Waals surface area contributed by atoms with Gasteiger partial charge < -0.3 is 14.2 Å². The van der Waals surface area contributed by atoms with Gasteiger partial charge in [0, 0.05) is 28.7 Å². The summed E-state index contributed by atoms with van der Waals surface area (Å²) in [4.78, 5) is 0. The predicted molar refractivity (Wildman–Crippen MR) is 155 cm³/mol. The van der Waals surface area contributed by atoms with Gasteiger partial charge in [0.1, 0.15) is 57.8 Å². The summed E-state index contributed by atoms with van der Waals surface area (Å²) in [6.07, 6.45) is -1.32. The van der Waals surface area contributed by atoms with Crippen molar-refractivity contribution < 1.29 is 49.3 Å². The Hall–Kier alpha value is -4.47. The standard InChI is InChI=1S/C35H27F8NO3/c1-2-3-4-5-19-17-45-34(46-18-19)20-6-8-24(27(36)10-20)22-13-31(40)33(32(41)14-22)35(42,43)47-23-7-9-25(30(39)15-23)21-11-28(37)26(16-44)29(38)12-21/h6-15,19,34H,2-5,17-18H2,1H3. The molecule has 0 aromatic heterocycles. The van der Waals surface area contributed by atoms with Crippen molar-refractivity contribution in [1.29, 1.82) is 5.26 Å². The fourth-order valence-electron chi connectivity index (χ4n) is 5.33. The van der Waals surface area contributed by atoms with Gasteiger partial charge in [0.05, 0.1) is 13.2 Å². The third-order valence-corrected chi connectivity index (χ3v) is 7.74. The van der Waals surface area contributed by atoms with Gasteiger partial charge in [-0.2, -0.15) is 14.0 Å². The number of nitrogens with zero attached hydrogens (tertiary/aromatic N) is 1. The lowest BCUT2D eigenvalue weighted by atomic mass is 9.99. The van der Waals surface area contributed by atoms with Gasteiger partial charge in [-0.25, -0.2) is 26.3 Å². The number of rotatable bonds is 10. The van der Waals surface area contributed by atoms with Crippen LogP contribution in [-0.4, -0.2) is 13.2 Å². The Kier molecular flexibility index (Phi) is 10.2. The topological polar surface area (TPSA) is 51.5 Å². The van der Waals surface area contributed by atoms with Crippen molar-refractivity contribution in [3.8, 4) is 34.1 Å². The summed E-state index contributed by atoms with van der Waals surface area (Å²) in [5, 5.41) is 8.79. The number of hydrogen-bond donors (Lipinski definition) is 0. The van der Waals surface area contributed by atoms with Crippen molar-refractivity contribution >= 4 is 0 Å². The quantitative estimate of drug-likeness (QED) is 0.125. The highest BCUT2D eigenvalue weighted by atomic mass is 19.3. The lowest BCUT2D eigenvalue weighted by molar-refractivity contribution is -0.206. The molecule has 4 aromatic carbocycles. The van der Waals surface area contributed by atoms with Gasteiger partial charge in [-0.1, -0.05) is 38.3 Å². The summed E-state index contributed by atoms with van der Waals surface area (Å²) in [5.74, 6) is -8.86. The van der Waals surface area contributed by atoms with E-state index in [9.17, 15) is 13.2 Å². The highest BCUT2D eigenvalue weighted by molar-refractivity contribution is 5.67. The average Bonchev–Trinajstić information content (AvgIpc) is 3.00. The molecule has 1 saturated heterocycles. The molecule has 246 valence electrons. The molecule has 0 radical (unpaired) electrons. The summed E-state index contributed by atoms with van der Waals surface area (Å²) in [6, 6.07) is 9.55. The number of ether oxygens (including phenoxy) is 3. The molecule has 5 rings (SSSR count). The highest BCUT2D eigenvalue weighted by Gasteiger charge is 2.41. The van der Waals surface area contributed by atoms with E-state index in [1.54, 1.807) is 0 Å². The number of nitriles is 1. The first-order valence-electron chi connectivity index (χ1n) is 14.7. The van der Waals surface area contributed by atoms with E-state index in [1.165, 1.54) is 18.2 Å². The van der Waals surface area contributed by atoms with E-state index in [2.05, 4.69) is 11.7 Å². The van der Waals surface area contributed by atoms with E-state index in [1.807, 2.05) is 0 Å². The van der Waals surface area contributed by atoms with Crippen molar-refractivity contribution in [3.05, 3.63) is 112 Å². The van der Waals surface area contributed by atoms with Crippen molar-refractivity contribution in [2.75, 3.05) is 13.2 Å². The van der Waals surface area contributed by atoms with Crippen LogP contribution >= 0.6 is 0 Å². The van der Waals surface area contributed by atoms with Gasteiger partial charge in [-0.15, -0.1) is 0 Å². The molecule has 0 atom stereocenters. The Bertz CT molecular complexity index is 1770. The number of halogens is 8. The van der Waals surface area contributed by atoms with Crippen LogP contribution in [0.3, 0.4) is 0 Å². The number of alkyl halides is 2. The smallest absolute Gasteiger partial charge is 0.429 e. The summed E-state index contributed by atoms with van der Waals surface area (Å²) < 4.78 is 134. The summed E-state index contributed by atoms with van der Waals surface area (Å²) in [6.45, 7) is 2.96. The second-order valence-electron chi connectivity index (χ2n) is 11.1. The zero-order valence-electron chi connectivity index (χ0n) is 24.9. The van der Waals surface area contributed by atoms with Crippen molar-refractivity contribution in [2.45, 2.75) is 45.0 Å². The van der Waals surface area contributed by atoms with Gasteiger partial charge in [-0.05, 0) is 60.0 Å². The van der Waals surface area contributed by atoms with Gasteiger partial charge in [0.25, 0.3) is 0 Å². The van der Waals surface area contributed by atoms with Crippen LogP contribution in [-0.2, 0) is 15.6 Å². The zero-order valence-corrected chi connectivity index (χ0v) is 24.9. The molecule has 0 aliphatic carbocycles. The summed E-state index contributed by atoms with van der Waals surface area (Å²) >= 11 is 0. The lowest BCUT2D eigenvalue weighted by Crippen LogP contribution is -2.27. The van der Waals surface area contributed by atoms with E-state index >= 15 is 22.0 Å². The molecular weight excluding hydrogens is 634 g/mol. The van der Waals surface area contributed by atoms with E-state index in [4.69, 9.17) is 14.7 Å². The first kappa shape index (κ1) is 33.9. The van der Waals surface area contributed by atoms with Crippen LogP contribution in [0.25, 0.3) is 22.3 Å². The summed E-state index contributed by atoms with van der Waals surface area (Å²) in [7, 11) is 0. The predicted octanol–water partition coefficient (Wildman–Crippen LogP) is 10.1. The fraction of sp³-hybridized carbons (Fsp3) is 0.286. The van der Waals surface area contributed by atoms with Crippen LogP contribution in [0.15, 0.2) is 60.7 Å². The minimum Gasteiger partial charge on any atom is -0.429 e. The van der Waals surface area contributed by atoms with E-state index in [0.717, 1.165) is 43.9 Å². The van der Waals surface area contributed by atoms with Gasteiger partial charge in [0.15, 0.2) is 6.29 Å². The minimum absolute atomic E-state index is 0.220. The zero-order chi connectivity index (χ0) is 33.9. The van der Waals surface area contributed by atoms with Crippen LogP contribution in [0.5, 0.6) is 5.75 Å². The molecular formula is C35H27F8NO3. The first-order valence-corrected chi connectivity index (χ1v) is 14.7. The molecule has 0 amide bonds. The largest absolute Gasteiger partial charge is 0.432 e. The number of hydrogen-bond acceptors (Lipinski definition) is 4. The van der Waals surface area contributed by atoms with E-state index in [-0.39, 0.29) is 22.6 Å². The molecule has 0 bridgehead atoms. The van der Waals surface area contributed by atoms with Gasteiger partial charge in [-0.3, -0.25) is 0 Å². The maximum atomic E-state index is 15.1. The van der Waals surface area contributed by atoms with Crippen molar-refractivity contribution in [1.82, 2.24) is 0 Å². The molecule has 47 heavy (non-hydrogen) atoms. The fourth-order valence-corrected chi connectivity index (χ4v) is 5.33. The second kappa shape index (κ2) is 14.1. The lowest BCUT2D eigenvalue weighted by Gasteiger charge is -2.29. The van der Waals surface area contributed by atoms with Gasteiger partial charge >= 0.3 is 6.11 Å². The molecule has 4 nitrogen and oxygen atoms in total. The maximum absolute atomic E-state index is 15.1. The van der Waals surface area contributed by atoms with Crippen LogP contribution in [0.1, 0.15) is 55.6 Å². The van der Waals surface area contributed by atoms with Crippen molar-refractivity contribution in [3.63, 3.8) is 0 Å². The second-order valence-corrected chi connectivity index (χ2v) is 11.1. The van der Waals surface area contributed by atoms with Crippen LogP contribution < -0.4 is 4.74 Å². The third-order valence-electron chi connectivity index (χ3n) is 7.74. The van der Waals surface area contributed by atoms with Crippen LogP contribution in [0, 0.1) is 52.2 Å². The molecule has 1 aliphatic rings. The SMILES string of the molecule is CCCCCC1COC(c2ccc(-c3cc(F)c(C(F)(F)Oc4ccc(-c5cc(F)c(C#N)c(F)c5)c(F)c4)c(F)c3)c(F)c2)OC1. The van der Waals surface area contributed by atoms with Crippen molar-refractivity contribution in [2.24, 2.45) is 5.92 Å². The monoisotopic (exact) mass is 661 g/mol. The maximum Gasteiger partial charge on any atom is 0.432 e. The molecule has 1 fully saturated rings. The Morgan fingerprint density at radius 3 is 1.83 bits per heavy atom. The average molecular weight is 662 g/mol. The molecule has 4 aromatic rings. The highest BCUT2D eigenvalue weighted by Crippen LogP contribution is 2.39. The van der Waals surface area contributed by atoms with Crippen LogP contribution in [0.4, 0.5) is 35.1 Å². The van der Waals surface area contributed by atoms with E-state index < -0.39 is 69.7 Å². The van der Waals surface area contributed by atoms with Crippen LogP contribution in [0.2, 0.25) is 0 Å². The first-order chi connectivity index (χ1) is 22.4. The Morgan fingerprint density at radius 1 is 0.745 bits per heavy atom. The van der Waals surface area contributed by atoms with E-state index in [0.29, 0.717) is 49.1 Å². The molecule has 0 saturated carbocycles. The van der Waals surface area contributed by atoms with Gasteiger partial charge in [0.2, 0.25) is 0 Å². The number of benzene rings is 4. The Labute approximate surface area is 265 Å².